The molecule has 0 radical (unpaired) electrons. The minimum atomic E-state index is -0.211. The second-order valence-corrected chi connectivity index (χ2v) is 8.24. The van der Waals surface area contributed by atoms with Crippen molar-refractivity contribution < 1.29 is 14.3 Å². The maximum atomic E-state index is 12.2. The van der Waals surface area contributed by atoms with Crippen LogP contribution in [0.25, 0.3) is 17.1 Å². The zero-order valence-corrected chi connectivity index (χ0v) is 19.6. The van der Waals surface area contributed by atoms with Crippen LogP contribution in [0.5, 0.6) is 6.01 Å². The molecule has 0 bridgehead atoms. The van der Waals surface area contributed by atoms with Crippen molar-refractivity contribution in [2.24, 2.45) is 0 Å². The van der Waals surface area contributed by atoms with Crippen LogP contribution < -0.4 is 10.1 Å². The lowest BCUT2D eigenvalue weighted by Crippen LogP contribution is -2.18. The summed E-state index contributed by atoms with van der Waals surface area (Å²) < 4.78 is 13.0. The Morgan fingerprint density at radius 2 is 1.68 bits per heavy atom. The van der Waals surface area contributed by atoms with Gasteiger partial charge in [0, 0.05) is 11.3 Å². The summed E-state index contributed by atoms with van der Waals surface area (Å²) in [5, 5.41) is 7.41. The number of anilines is 1. The fraction of sp³-hybridized carbons (Fsp3) is 0.222. The SMILES string of the molecule is Cc1ccc(-c2nc(OC(C)C)nn2-c2ccc(NC(=O)COCc3ccccc3)cc2)cc1. The maximum absolute atomic E-state index is 12.2. The van der Waals surface area contributed by atoms with Gasteiger partial charge in [-0.1, -0.05) is 60.2 Å². The smallest absolute Gasteiger partial charge is 0.336 e. The van der Waals surface area contributed by atoms with Gasteiger partial charge in [-0.2, -0.15) is 4.98 Å². The molecule has 4 rings (SSSR count). The molecule has 0 saturated heterocycles. The first-order valence-electron chi connectivity index (χ1n) is 11.2. The van der Waals surface area contributed by atoms with Crippen LogP contribution >= 0.6 is 0 Å². The molecule has 0 aliphatic heterocycles. The number of hydrogen-bond acceptors (Lipinski definition) is 5. The van der Waals surface area contributed by atoms with E-state index in [0.717, 1.165) is 16.8 Å². The lowest BCUT2D eigenvalue weighted by Gasteiger charge is -2.09. The second kappa shape index (κ2) is 10.8. The summed E-state index contributed by atoms with van der Waals surface area (Å²) in [6, 6.07) is 25.6. The molecule has 1 N–H and O–H groups in total. The van der Waals surface area contributed by atoms with Crippen molar-refractivity contribution >= 4 is 11.6 Å². The Kier molecular flexibility index (Phi) is 7.34. The zero-order chi connectivity index (χ0) is 23.9. The monoisotopic (exact) mass is 456 g/mol. The molecule has 0 fully saturated rings. The molecule has 3 aromatic carbocycles. The quantitative estimate of drug-likeness (QED) is 0.375. The summed E-state index contributed by atoms with van der Waals surface area (Å²) in [7, 11) is 0. The third-order valence-corrected chi connectivity index (χ3v) is 4.98. The number of nitrogens with zero attached hydrogens (tertiary/aromatic N) is 3. The van der Waals surface area contributed by atoms with Gasteiger partial charge in [0.15, 0.2) is 5.82 Å². The Morgan fingerprint density at radius 3 is 2.35 bits per heavy atom. The molecule has 7 nitrogen and oxygen atoms in total. The third kappa shape index (κ3) is 6.08. The minimum Gasteiger partial charge on any atom is -0.460 e. The number of aryl methyl sites for hydroxylation is 1. The average molecular weight is 457 g/mol. The van der Waals surface area contributed by atoms with E-state index >= 15 is 0 Å². The van der Waals surface area contributed by atoms with Crippen LogP contribution in [0.1, 0.15) is 25.0 Å². The largest absolute Gasteiger partial charge is 0.460 e. The van der Waals surface area contributed by atoms with Gasteiger partial charge in [-0.25, -0.2) is 4.68 Å². The number of carbonyl (C=O) groups is 1. The molecule has 0 aliphatic carbocycles. The van der Waals surface area contributed by atoms with E-state index in [1.54, 1.807) is 4.68 Å². The zero-order valence-electron chi connectivity index (χ0n) is 19.6. The number of hydrogen-bond donors (Lipinski definition) is 1. The Morgan fingerprint density at radius 1 is 0.971 bits per heavy atom. The van der Waals surface area contributed by atoms with E-state index in [0.29, 0.717) is 24.1 Å². The maximum Gasteiger partial charge on any atom is 0.336 e. The van der Waals surface area contributed by atoms with E-state index in [9.17, 15) is 4.79 Å². The number of rotatable bonds is 9. The predicted octanol–water partition coefficient (Wildman–Crippen LogP) is 5.19. The molecule has 1 aromatic heterocycles. The fourth-order valence-electron chi connectivity index (χ4n) is 3.34. The molecule has 7 heteroatoms. The number of ether oxygens (including phenoxy) is 2. The highest BCUT2D eigenvalue weighted by atomic mass is 16.5. The standard InChI is InChI=1S/C27H28N4O3/c1-19(2)34-27-29-26(22-11-9-20(3)10-12-22)31(30-27)24-15-13-23(14-16-24)28-25(32)18-33-17-21-7-5-4-6-8-21/h4-16,19H,17-18H2,1-3H3,(H,28,32). The summed E-state index contributed by atoms with van der Waals surface area (Å²) in [6.07, 6.45) is -0.0385. The molecule has 0 spiro atoms. The molecule has 0 saturated carbocycles. The number of amides is 1. The van der Waals surface area contributed by atoms with Gasteiger partial charge in [0.1, 0.15) is 6.61 Å². The molecule has 1 heterocycles. The van der Waals surface area contributed by atoms with Crippen LogP contribution in [-0.2, 0) is 16.1 Å². The topological polar surface area (TPSA) is 78.3 Å². The van der Waals surface area contributed by atoms with Gasteiger partial charge >= 0.3 is 6.01 Å². The van der Waals surface area contributed by atoms with Gasteiger partial charge in [-0.05, 0) is 50.6 Å². The van der Waals surface area contributed by atoms with Crippen LogP contribution in [0, 0.1) is 6.92 Å². The normalized spacial score (nSPS) is 10.9. The lowest BCUT2D eigenvalue weighted by molar-refractivity contribution is -0.121. The van der Waals surface area contributed by atoms with E-state index in [4.69, 9.17) is 9.47 Å². The van der Waals surface area contributed by atoms with Crippen molar-refractivity contribution in [1.29, 1.82) is 0 Å². The van der Waals surface area contributed by atoms with E-state index in [-0.39, 0.29) is 18.6 Å². The average Bonchev–Trinajstić information content (AvgIpc) is 3.24. The van der Waals surface area contributed by atoms with Gasteiger partial charge in [-0.3, -0.25) is 4.79 Å². The van der Waals surface area contributed by atoms with Crippen molar-refractivity contribution in [3.8, 4) is 23.1 Å². The van der Waals surface area contributed by atoms with Crippen LogP contribution in [0.3, 0.4) is 0 Å². The van der Waals surface area contributed by atoms with Crippen molar-refractivity contribution in [2.45, 2.75) is 33.5 Å². The molecule has 4 aromatic rings. The Balaban J connectivity index is 1.45. The second-order valence-electron chi connectivity index (χ2n) is 8.24. The first kappa shape index (κ1) is 23.2. The summed E-state index contributed by atoms with van der Waals surface area (Å²) in [4.78, 5) is 16.8. The molecule has 174 valence electrons. The Bertz CT molecular complexity index is 1220. The molecule has 34 heavy (non-hydrogen) atoms. The van der Waals surface area contributed by atoms with Gasteiger partial charge < -0.3 is 14.8 Å². The van der Waals surface area contributed by atoms with Crippen molar-refractivity contribution in [2.75, 3.05) is 11.9 Å². The minimum absolute atomic E-state index is 0.0206. The number of nitrogens with one attached hydrogen (secondary N) is 1. The van der Waals surface area contributed by atoms with E-state index in [1.807, 2.05) is 99.6 Å². The molecular weight excluding hydrogens is 428 g/mol. The third-order valence-electron chi connectivity index (χ3n) is 4.98. The van der Waals surface area contributed by atoms with Crippen LogP contribution in [-0.4, -0.2) is 33.4 Å². The van der Waals surface area contributed by atoms with Crippen molar-refractivity contribution in [3.63, 3.8) is 0 Å². The lowest BCUT2D eigenvalue weighted by atomic mass is 10.1. The van der Waals surface area contributed by atoms with E-state index in [1.165, 1.54) is 5.56 Å². The van der Waals surface area contributed by atoms with Gasteiger partial charge in [-0.15, -0.1) is 5.10 Å². The van der Waals surface area contributed by atoms with Crippen LogP contribution in [0.2, 0.25) is 0 Å². The van der Waals surface area contributed by atoms with Gasteiger partial charge in [0.2, 0.25) is 5.91 Å². The van der Waals surface area contributed by atoms with Crippen molar-refractivity contribution in [1.82, 2.24) is 14.8 Å². The number of carbonyl (C=O) groups excluding carboxylic acids is 1. The highest BCUT2D eigenvalue weighted by Crippen LogP contribution is 2.25. The summed E-state index contributed by atoms with van der Waals surface area (Å²) in [5.41, 5.74) is 4.61. The Labute approximate surface area is 199 Å². The summed E-state index contributed by atoms with van der Waals surface area (Å²) >= 11 is 0. The number of aromatic nitrogens is 3. The highest BCUT2D eigenvalue weighted by Gasteiger charge is 2.16. The first-order valence-corrected chi connectivity index (χ1v) is 11.2. The molecule has 0 unspecified atom stereocenters. The predicted molar refractivity (Wildman–Crippen MR) is 132 cm³/mol. The van der Waals surface area contributed by atoms with Crippen molar-refractivity contribution in [3.05, 3.63) is 90.0 Å². The fourth-order valence-corrected chi connectivity index (χ4v) is 3.34. The van der Waals surface area contributed by atoms with E-state index in [2.05, 4.69) is 15.4 Å². The van der Waals surface area contributed by atoms with Crippen LogP contribution in [0.15, 0.2) is 78.9 Å². The first-order chi connectivity index (χ1) is 16.5. The highest BCUT2D eigenvalue weighted by molar-refractivity contribution is 5.91. The van der Waals surface area contributed by atoms with Gasteiger partial charge in [0.05, 0.1) is 18.4 Å². The summed E-state index contributed by atoms with van der Waals surface area (Å²) in [5.74, 6) is 0.471. The molecule has 1 amide bonds. The molecule has 0 atom stereocenters. The number of benzene rings is 3. The van der Waals surface area contributed by atoms with Gasteiger partial charge in [0.25, 0.3) is 0 Å². The molecule has 0 aliphatic rings. The van der Waals surface area contributed by atoms with Crippen LogP contribution in [0.4, 0.5) is 5.69 Å². The summed E-state index contributed by atoms with van der Waals surface area (Å²) in [6.45, 7) is 6.29. The molecular formula is C27H28N4O3. The Hall–Kier alpha value is -3.97. The van der Waals surface area contributed by atoms with E-state index < -0.39 is 0 Å².